The molecule has 1 saturated carbocycles. The number of hydrogen-bond donors (Lipinski definition) is 0. The molecule has 1 aliphatic carbocycles. The average Bonchev–Trinajstić information content (AvgIpc) is 2.15. The summed E-state index contributed by atoms with van der Waals surface area (Å²) in [5.74, 6) is 2.27. The van der Waals surface area contributed by atoms with Gasteiger partial charge in [-0.3, -0.25) is 0 Å². The normalized spacial score (nSPS) is 30.1. The molecule has 88 valence electrons. The van der Waals surface area contributed by atoms with Crippen LogP contribution >= 0.6 is 15.9 Å². The molecule has 0 spiro atoms. The van der Waals surface area contributed by atoms with Crippen molar-refractivity contribution in [2.75, 3.05) is 0 Å². The Labute approximate surface area is 106 Å². The van der Waals surface area contributed by atoms with E-state index in [1.54, 1.807) is 0 Å². The number of aromatic nitrogens is 1. The minimum atomic E-state index is 0.334. The predicted molar refractivity (Wildman–Crippen MR) is 68.5 cm³/mol. The van der Waals surface area contributed by atoms with Gasteiger partial charge in [0, 0.05) is 6.07 Å². The molecule has 2 atom stereocenters. The number of pyridine rings is 1. The maximum absolute atomic E-state index is 5.94. The molecule has 0 bridgehead atoms. The van der Waals surface area contributed by atoms with Crippen LogP contribution in [0, 0.1) is 11.8 Å². The van der Waals surface area contributed by atoms with Crippen LogP contribution in [-0.4, -0.2) is 11.1 Å². The van der Waals surface area contributed by atoms with Crippen molar-refractivity contribution in [2.24, 2.45) is 11.8 Å². The first-order valence-corrected chi connectivity index (χ1v) is 6.72. The van der Waals surface area contributed by atoms with Crippen LogP contribution in [0.15, 0.2) is 22.8 Å². The van der Waals surface area contributed by atoms with E-state index in [-0.39, 0.29) is 0 Å². The second-order valence-electron chi connectivity index (χ2n) is 4.96. The largest absolute Gasteiger partial charge is 0.474 e. The summed E-state index contributed by atoms with van der Waals surface area (Å²) in [6, 6.07) is 5.80. The molecule has 0 aromatic carbocycles. The molecule has 16 heavy (non-hydrogen) atoms. The van der Waals surface area contributed by atoms with Gasteiger partial charge >= 0.3 is 0 Å². The lowest BCUT2D eigenvalue weighted by Crippen LogP contribution is -2.28. The van der Waals surface area contributed by atoms with Crippen molar-refractivity contribution >= 4 is 15.9 Å². The zero-order valence-corrected chi connectivity index (χ0v) is 11.4. The van der Waals surface area contributed by atoms with E-state index in [0.29, 0.717) is 6.10 Å². The Balaban J connectivity index is 1.98. The zero-order chi connectivity index (χ0) is 11.5. The summed E-state index contributed by atoms with van der Waals surface area (Å²) in [5.41, 5.74) is 0. The molecule has 1 heterocycles. The van der Waals surface area contributed by atoms with Crippen LogP contribution in [0.4, 0.5) is 0 Å². The van der Waals surface area contributed by atoms with Crippen LogP contribution < -0.4 is 4.74 Å². The van der Waals surface area contributed by atoms with Crippen molar-refractivity contribution in [1.29, 1.82) is 0 Å². The van der Waals surface area contributed by atoms with Gasteiger partial charge in [0.25, 0.3) is 0 Å². The molecule has 1 aromatic heterocycles. The van der Waals surface area contributed by atoms with E-state index in [4.69, 9.17) is 4.74 Å². The number of nitrogens with zero attached hydrogens (tertiary/aromatic N) is 1. The molecule has 0 aliphatic heterocycles. The minimum Gasteiger partial charge on any atom is -0.474 e. The molecule has 0 radical (unpaired) electrons. The van der Waals surface area contributed by atoms with Crippen LogP contribution in [0.25, 0.3) is 0 Å². The second-order valence-corrected chi connectivity index (χ2v) is 5.77. The van der Waals surface area contributed by atoms with Gasteiger partial charge in [0.2, 0.25) is 5.88 Å². The highest BCUT2D eigenvalue weighted by molar-refractivity contribution is 9.10. The lowest BCUT2D eigenvalue weighted by molar-refractivity contribution is 0.0966. The van der Waals surface area contributed by atoms with Gasteiger partial charge in [-0.05, 0) is 53.1 Å². The molecule has 2 rings (SSSR count). The molecule has 1 aromatic rings. The molecule has 2 nitrogen and oxygen atoms in total. The predicted octanol–water partition coefficient (Wildman–Crippen LogP) is 4.05. The Morgan fingerprint density at radius 3 is 2.50 bits per heavy atom. The first-order chi connectivity index (χ1) is 7.63. The van der Waals surface area contributed by atoms with Crippen molar-refractivity contribution in [3.63, 3.8) is 0 Å². The Morgan fingerprint density at radius 2 is 1.88 bits per heavy atom. The van der Waals surface area contributed by atoms with E-state index >= 15 is 0 Å². The maximum atomic E-state index is 5.94. The van der Waals surface area contributed by atoms with Gasteiger partial charge < -0.3 is 4.74 Å². The van der Waals surface area contributed by atoms with Gasteiger partial charge in [-0.2, -0.15) is 0 Å². The first kappa shape index (κ1) is 11.9. The summed E-state index contributed by atoms with van der Waals surface area (Å²) >= 11 is 3.36. The van der Waals surface area contributed by atoms with Crippen LogP contribution in [0.2, 0.25) is 0 Å². The quantitative estimate of drug-likeness (QED) is 0.764. The van der Waals surface area contributed by atoms with E-state index < -0.39 is 0 Å². The summed E-state index contributed by atoms with van der Waals surface area (Å²) in [6.07, 6.45) is 3.96. The monoisotopic (exact) mass is 283 g/mol. The molecular weight excluding hydrogens is 266 g/mol. The third-order valence-corrected chi connectivity index (χ3v) is 3.55. The van der Waals surface area contributed by atoms with Gasteiger partial charge in [0.05, 0.1) is 0 Å². The van der Waals surface area contributed by atoms with Gasteiger partial charge in [0.1, 0.15) is 10.7 Å². The summed E-state index contributed by atoms with van der Waals surface area (Å²) in [6.45, 7) is 4.61. The second kappa shape index (κ2) is 5.17. The van der Waals surface area contributed by atoms with Gasteiger partial charge in [0.15, 0.2) is 0 Å². The van der Waals surface area contributed by atoms with Crippen molar-refractivity contribution in [3.05, 3.63) is 22.8 Å². The van der Waals surface area contributed by atoms with Gasteiger partial charge in [-0.1, -0.05) is 19.9 Å². The zero-order valence-electron chi connectivity index (χ0n) is 9.82. The fourth-order valence-electron chi connectivity index (χ4n) is 2.60. The first-order valence-electron chi connectivity index (χ1n) is 5.92. The summed E-state index contributed by atoms with van der Waals surface area (Å²) in [7, 11) is 0. The Kier molecular flexibility index (Phi) is 3.85. The van der Waals surface area contributed by atoms with Gasteiger partial charge in [-0.25, -0.2) is 4.98 Å². The number of rotatable bonds is 2. The van der Waals surface area contributed by atoms with E-state index in [9.17, 15) is 0 Å². The van der Waals surface area contributed by atoms with E-state index in [0.717, 1.165) is 35.2 Å². The topological polar surface area (TPSA) is 22.1 Å². The van der Waals surface area contributed by atoms with Crippen LogP contribution in [0.1, 0.15) is 33.1 Å². The fourth-order valence-corrected chi connectivity index (χ4v) is 2.92. The summed E-state index contributed by atoms with van der Waals surface area (Å²) in [5, 5.41) is 0. The highest BCUT2D eigenvalue weighted by atomic mass is 79.9. The highest BCUT2D eigenvalue weighted by Crippen LogP contribution is 2.31. The summed E-state index contributed by atoms with van der Waals surface area (Å²) in [4.78, 5) is 4.31. The smallest absolute Gasteiger partial charge is 0.214 e. The third-order valence-electron chi connectivity index (χ3n) is 3.11. The van der Waals surface area contributed by atoms with Crippen molar-refractivity contribution in [3.8, 4) is 5.88 Å². The van der Waals surface area contributed by atoms with Crippen LogP contribution in [0.5, 0.6) is 5.88 Å². The minimum absolute atomic E-state index is 0.334. The van der Waals surface area contributed by atoms with E-state index in [1.165, 1.54) is 6.42 Å². The Bertz CT molecular complexity index is 346. The van der Waals surface area contributed by atoms with Crippen molar-refractivity contribution in [2.45, 2.75) is 39.2 Å². The lowest BCUT2D eigenvalue weighted by Gasteiger charge is -2.31. The lowest BCUT2D eigenvalue weighted by atomic mass is 9.82. The molecule has 0 N–H and O–H groups in total. The molecule has 3 heteroatoms. The summed E-state index contributed by atoms with van der Waals surface area (Å²) < 4.78 is 6.77. The van der Waals surface area contributed by atoms with E-state index in [1.807, 2.05) is 18.2 Å². The Morgan fingerprint density at radius 1 is 1.19 bits per heavy atom. The SMILES string of the molecule is CC1CC(C)CC(Oc2cccc(Br)n2)C1. The maximum Gasteiger partial charge on any atom is 0.214 e. The fraction of sp³-hybridized carbons (Fsp3) is 0.615. The van der Waals surface area contributed by atoms with Crippen molar-refractivity contribution < 1.29 is 4.74 Å². The van der Waals surface area contributed by atoms with E-state index in [2.05, 4.69) is 34.8 Å². The molecule has 0 amide bonds. The number of ether oxygens (including phenoxy) is 1. The Hall–Kier alpha value is -0.570. The van der Waals surface area contributed by atoms with Gasteiger partial charge in [-0.15, -0.1) is 0 Å². The average molecular weight is 284 g/mol. The van der Waals surface area contributed by atoms with Crippen molar-refractivity contribution in [1.82, 2.24) is 4.98 Å². The molecule has 1 fully saturated rings. The number of halogens is 1. The van der Waals surface area contributed by atoms with Crippen LogP contribution in [-0.2, 0) is 0 Å². The standard InChI is InChI=1S/C13H18BrNO/c1-9-6-10(2)8-11(7-9)16-13-5-3-4-12(14)15-13/h3-5,9-11H,6-8H2,1-2H3. The highest BCUT2D eigenvalue weighted by Gasteiger charge is 2.25. The molecular formula is C13H18BrNO. The third kappa shape index (κ3) is 3.21. The molecule has 2 unspecified atom stereocenters. The van der Waals surface area contributed by atoms with Crippen LogP contribution in [0.3, 0.4) is 0 Å². The molecule has 1 aliphatic rings. The molecule has 0 saturated heterocycles. The number of hydrogen-bond acceptors (Lipinski definition) is 2.